The monoisotopic (exact) mass is 438 g/mol. The number of ketones is 1. The number of nitro groups is 1. The van der Waals surface area contributed by atoms with Crippen LogP contribution >= 0.6 is 0 Å². The molecule has 0 saturated heterocycles. The van der Waals surface area contributed by atoms with E-state index in [1.807, 2.05) is 6.07 Å². The first-order valence-corrected chi connectivity index (χ1v) is 10.0. The number of amides is 1. The molecule has 162 valence electrons. The van der Waals surface area contributed by atoms with Crippen LogP contribution in [0, 0.1) is 10.1 Å². The molecular weight excluding hydrogens is 420 g/mol. The van der Waals surface area contributed by atoms with Crippen LogP contribution in [0.4, 0.5) is 11.4 Å². The van der Waals surface area contributed by atoms with Gasteiger partial charge in [-0.1, -0.05) is 18.2 Å². The van der Waals surface area contributed by atoms with Crippen molar-refractivity contribution >= 4 is 29.1 Å². The molecule has 0 bridgehead atoms. The maximum Gasteiger partial charge on any atom is 0.269 e. The highest BCUT2D eigenvalue weighted by Crippen LogP contribution is 2.25. The number of nitrogens with zero attached hydrogens (tertiary/aromatic N) is 1. The topological polar surface area (TPSA) is 102 Å². The Morgan fingerprint density at radius 2 is 1.52 bits per heavy atom. The summed E-state index contributed by atoms with van der Waals surface area (Å²) >= 11 is 0. The van der Waals surface area contributed by atoms with Gasteiger partial charge in [0, 0.05) is 34.5 Å². The Kier molecular flexibility index (Phi) is 6.22. The second-order valence-electron chi connectivity index (χ2n) is 7.10. The van der Waals surface area contributed by atoms with Crippen molar-refractivity contribution in [3.63, 3.8) is 0 Å². The van der Waals surface area contributed by atoms with Gasteiger partial charge in [0.05, 0.1) is 4.92 Å². The van der Waals surface area contributed by atoms with Crippen LogP contribution in [-0.2, 0) is 0 Å². The summed E-state index contributed by atoms with van der Waals surface area (Å²) in [6.07, 6.45) is 2.96. The zero-order valence-corrected chi connectivity index (χ0v) is 17.3. The zero-order valence-electron chi connectivity index (χ0n) is 17.3. The molecule has 3 aromatic carbocycles. The molecule has 7 heteroatoms. The lowest BCUT2D eigenvalue weighted by Gasteiger charge is -2.05. The average molecular weight is 438 g/mol. The van der Waals surface area contributed by atoms with Crippen molar-refractivity contribution < 1.29 is 18.9 Å². The summed E-state index contributed by atoms with van der Waals surface area (Å²) in [5.41, 5.74) is 2.29. The smallest absolute Gasteiger partial charge is 0.269 e. The van der Waals surface area contributed by atoms with Crippen LogP contribution in [0.3, 0.4) is 0 Å². The second-order valence-corrected chi connectivity index (χ2v) is 7.10. The van der Waals surface area contributed by atoms with Gasteiger partial charge in [0.2, 0.25) is 0 Å². The molecule has 4 rings (SSSR count). The minimum Gasteiger partial charge on any atom is -0.457 e. The molecule has 0 aliphatic heterocycles. The number of furan rings is 1. The summed E-state index contributed by atoms with van der Waals surface area (Å²) in [4.78, 5) is 35.0. The van der Waals surface area contributed by atoms with E-state index in [-0.39, 0.29) is 17.4 Å². The number of hydrogen-bond donors (Lipinski definition) is 1. The highest BCUT2D eigenvalue weighted by molar-refractivity contribution is 6.07. The van der Waals surface area contributed by atoms with Crippen molar-refractivity contribution in [2.24, 2.45) is 0 Å². The van der Waals surface area contributed by atoms with E-state index in [9.17, 15) is 19.7 Å². The molecule has 0 aliphatic carbocycles. The lowest BCUT2D eigenvalue weighted by Crippen LogP contribution is -2.11. The molecule has 4 aromatic rings. The van der Waals surface area contributed by atoms with Crippen LogP contribution in [0.5, 0.6) is 0 Å². The lowest BCUT2D eigenvalue weighted by molar-refractivity contribution is -0.384. The summed E-state index contributed by atoms with van der Waals surface area (Å²) < 4.78 is 5.70. The molecule has 7 nitrogen and oxygen atoms in total. The van der Waals surface area contributed by atoms with E-state index in [1.54, 1.807) is 78.9 Å². The number of benzene rings is 3. The second kappa shape index (κ2) is 9.57. The van der Waals surface area contributed by atoms with E-state index < -0.39 is 4.92 Å². The minimum atomic E-state index is -0.463. The van der Waals surface area contributed by atoms with Crippen molar-refractivity contribution in [1.29, 1.82) is 0 Å². The molecule has 0 unspecified atom stereocenters. The molecule has 1 aromatic heterocycles. The molecule has 1 heterocycles. The maximum atomic E-state index is 12.5. The molecule has 0 aliphatic rings. The molecule has 33 heavy (non-hydrogen) atoms. The molecule has 1 amide bonds. The highest BCUT2D eigenvalue weighted by Gasteiger charge is 2.09. The SMILES string of the molecule is O=C(/C=C/c1ccc(-c2ccc([N+](=O)[O-])cc2)o1)c1ccc(NC(=O)c2ccccc2)cc1. The first-order chi connectivity index (χ1) is 16.0. The van der Waals surface area contributed by atoms with E-state index in [2.05, 4.69) is 5.32 Å². The minimum absolute atomic E-state index is 0.00155. The molecule has 0 fully saturated rings. The van der Waals surface area contributed by atoms with E-state index in [1.165, 1.54) is 18.2 Å². The Morgan fingerprint density at radius 1 is 0.818 bits per heavy atom. The van der Waals surface area contributed by atoms with Gasteiger partial charge in [-0.05, 0) is 72.8 Å². The van der Waals surface area contributed by atoms with Crippen LogP contribution in [0.2, 0.25) is 0 Å². The first-order valence-electron chi connectivity index (χ1n) is 10.0. The predicted octanol–water partition coefficient (Wildman–Crippen LogP) is 6.00. The molecule has 1 N–H and O–H groups in total. The van der Waals surface area contributed by atoms with Gasteiger partial charge in [0.15, 0.2) is 5.78 Å². The summed E-state index contributed by atoms with van der Waals surface area (Å²) in [5, 5.41) is 13.6. The fourth-order valence-electron chi connectivity index (χ4n) is 3.11. The number of rotatable bonds is 7. The van der Waals surface area contributed by atoms with Crippen molar-refractivity contribution in [1.82, 2.24) is 0 Å². The van der Waals surface area contributed by atoms with Gasteiger partial charge >= 0.3 is 0 Å². The Labute approximate surface area is 189 Å². The third kappa shape index (κ3) is 5.29. The number of hydrogen-bond acceptors (Lipinski definition) is 5. The third-order valence-corrected chi connectivity index (χ3v) is 4.85. The lowest BCUT2D eigenvalue weighted by atomic mass is 10.1. The molecular formula is C26H18N2O5. The zero-order chi connectivity index (χ0) is 23.2. The number of nitrogens with one attached hydrogen (secondary N) is 1. The number of anilines is 1. The van der Waals surface area contributed by atoms with Crippen molar-refractivity contribution in [3.05, 3.63) is 124 Å². The van der Waals surface area contributed by atoms with Crippen LogP contribution in [0.1, 0.15) is 26.5 Å². The largest absolute Gasteiger partial charge is 0.457 e. The Balaban J connectivity index is 1.38. The van der Waals surface area contributed by atoms with Gasteiger partial charge in [-0.2, -0.15) is 0 Å². The van der Waals surface area contributed by atoms with E-state index >= 15 is 0 Å². The van der Waals surface area contributed by atoms with E-state index in [0.29, 0.717) is 33.9 Å². The number of carbonyl (C=O) groups is 2. The average Bonchev–Trinajstić information content (AvgIpc) is 3.33. The van der Waals surface area contributed by atoms with Gasteiger partial charge in [-0.3, -0.25) is 19.7 Å². The molecule has 0 saturated carbocycles. The Morgan fingerprint density at radius 3 is 2.18 bits per heavy atom. The van der Waals surface area contributed by atoms with Gasteiger partial charge in [0.1, 0.15) is 11.5 Å². The Bertz CT molecular complexity index is 1320. The van der Waals surface area contributed by atoms with Gasteiger partial charge in [-0.25, -0.2) is 0 Å². The van der Waals surface area contributed by atoms with Gasteiger partial charge in [-0.15, -0.1) is 0 Å². The summed E-state index contributed by atoms with van der Waals surface area (Å²) in [6, 6.07) is 24.9. The van der Waals surface area contributed by atoms with Crippen LogP contribution in [0.15, 0.2) is 101 Å². The fraction of sp³-hybridized carbons (Fsp3) is 0. The van der Waals surface area contributed by atoms with Crippen molar-refractivity contribution in [2.75, 3.05) is 5.32 Å². The van der Waals surface area contributed by atoms with Crippen molar-refractivity contribution in [3.8, 4) is 11.3 Å². The van der Waals surface area contributed by atoms with Crippen LogP contribution < -0.4 is 5.32 Å². The fourth-order valence-corrected chi connectivity index (χ4v) is 3.11. The van der Waals surface area contributed by atoms with Gasteiger partial charge in [0.25, 0.3) is 11.6 Å². The maximum absolute atomic E-state index is 12.5. The molecule has 0 spiro atoms. The highest BCUT2D eigenvalue weighted by atomic mass is 16.6. The normalized spacial score (nSPS) is 10.8. The quantitative estimate of drug-likeness (QED) is 0.165. The van der Waals surface area contributed by atoms with Crippen molar-refractivity contribution in [2.45, 2.75) is 0 Å². The first kappa shape index (κ1) is 21.5. The number of carbonyl (C=O) groups excluding carboxylic acids is 2. The number of allylic oxidation sites excluding steroid dienone is 1. The van der Waals surface area contributed by atoms with Crippen LogP contribution in [-0.4, -0.2) is 16.6 Å². The summed E-state index contributed by atoms with van der Waals surface area (Å²) in [5.74, 6) is 0.569. The number of non-ortho nitro benzene ring substituents is 1. The Hall–Kier alpha value is -4.78. The van der Waals surface area contributed by atoms with Crippen LogP contribution in [0.25, 0.3) is 17.4 Å². The number of nitro benzene ring substituents is 1. The molecule has 0 atom stereocenters. The van der Waals surface area contributed by atoms with Gasteiger partial charge < -0.3 is 9.73 Å². The summed E-state index contributed by atoms with van der Waals surface area (Å²) in [6.45, 7) is 0. The van der Waals surface area contributed by atoms with E-state index in [0.717, 1.165) is 0 Å². The summed E-state index contributed by atoms with van der Waals surface area (Å²) in [7, 11) is 0. The predicted molar refractivity (Wildman–Crippen MR) is 125 cm³/mol. The third-order valence-electron chi connectivity index (χ3n) is 4.85. The van der Waals surface area contributed by atoms with E-state index in [4.69, 9.17) is 4.42 Å². The standard InChI is InChI=1S/C26H18N2O5/c29-24(18-6-10-21(11-7-18)27-26(30)20-4-2-1-3-5-20)16-14-23-15-17-25(33-23)19-8-12-22(13-9-19)28(31)32/h1-17H,(H,27,30)/b16-14+. The molecule has 0 radical (unpaired) electrons.